The van der Waals surface area contributed by atoms with Gasteiger partial charge in [0.2, 0.25) is 0 Å². The largest absolute Gasteiger partial charge is 0.484 e. The second-order valence-electron chi connectivity index (χ2n) is 7.73. The number of benzene rings is 2. The smallest absolute Gasteiger partial charge is 0.263 e. The number of hydrogen-bond acceptors (Lipinski definition) is 6. The number of carbonyl (C=O) groups is 2. The third-order valence-electron chi connectivity index (χ3n) is 4.85. The van der Waals surface area contributed by atoms with Gasteiger partial charge in [-0.1, -0.05) is 0 Å². The van der Waals surface area contributed by atoms with Gasteiger partial charge in [0.05, 0.1) is 5.69 Å². The van der Waals surface area contributed by atoms with Crippen molar-refractivity contribution in [3.05, 3.63) is 94.7 Å². The van der Waals surface area contributed by atoms with Crippen molar-refractivity contribution >= 4 is 17.5 Å². The number of amides is 1. The summed E-state index contributed by atoms with van der Waals surface area (Å²) in [6.07, 6.45) is 0. The summed E-state index contributed by atoms with van der Waals surface area (Å²) in [6.45, 7) is 5.28. The highest BCUT2D eigenvalue weighted by atomic mass is 19.1. The minimum atomic E-state index is -0.404. The van der Waals surface area contributed by atoms with E-state index in [2.05, 4.69) is 20.4 Å². The summed E-state index contributed by atoms with van der Waals surface area (Å²) in [6, 6.07) is 15.3. The molecule has 9 heteroatoms. The third kappa shape index (κ3) is 5.32. The van der Waals surface area contributed by atoms with Gasteiger partial charge in [-0.25, -0.2) is 14.4 Å². The first-order valence-corrected chi connectivity index (χ1v) is 10.5. The molecule has 0 atom stereocenters. The van der Waals surface area contributed by atoms with Crippen molar-refractivity contribution in [3.63, 3.8) is 0 Å². The van der Waals surface area contributed by atoms with Gasteiger partial charge in [0.25, 0.3) is 11.9 Å². The average molecular weight is 459 g/mol. The molecule has 34 heavy (non-hydrogen) atoms. The lowest BCUT2D eigenvalue weighted by molar-refractivity contribution is -0.118. The molecule has 0 aliphatic rings. The normalized spacial score (nSPS) is 10.7. The van der Waals surface area contributed by atoms with E-state index in [0.717, 1.165) is 11.4 Å². The van der Waals surface area contributed by atoms with Crippen LogP contribution in [0.15, 0.2) is 60.7 Å². The molecular formula is C25H22FN5O3. The first-order chi connectivity index (χ1) is 16.3. The molecule has 0 unspecified atom stereocenters. The van der Waals surface area contributed by atoms with Crippen molar-refractivity contribution in [2.24, 2.45) is 0 Å². The maximum Gasteiger partial charge on any atom is 0.263 e. The molecule has 1 N–H and O–H groups in total. The van der Waals surface area contributed by atoms with Crippen LogP contribution < -0.4 is 10.1 Å². The van der Waals surface area contributed by atoms with E-state index in [-0.39, 0.29) is 12.4 Å². The predicted molar refractivity (Wildman–Crippen MR) is 124 cm³/mol. The van der Waals surface area contributed by atoms with Gasteiger partial charge in [-0.15, -0.1) is 0 Å². The van der Waals surface area contributed by atoms with E-state index in [0.29, 0.717) is 34.3 Å². The predicted octanol–water partition coefficient (Wildman–Crippen LogP) is 3.98. The van der Waals surface area contributed by atoms with Crippen LogP contribution in [-0.2, 0) is 4.79 Å². The van der Waals surface area contributed by atoms with E-state index >= 15 is 0 Å². The number of aryl methyl sites for hydroxylation is 3. The zero-order valence-electron chi connectivity index (χ0n) is 18.9. The number of hydrogen-bond donors (Lipinski definition) is 1. The number of ketones is 1. The van der Waals surface area contributed by atoms with Gasteiger partial charge in [-0.3, -0.25) is 9.59 Å². The molecule has 2 aromatic heterocycles. The van der Waals surface area contributed by atoms with Crippen molar-refractivity contribution in [1.82, 2.24) is 19.7 Å². The van der Waals surface area contributed by atoms with Crippen LogP contribution in [0.4, 0.5) is 10.2 Å². The fourth-order valence-corrected chi connectivity index (χ4v) is 3.34. The molecule has 0 spiro atoms. The molecule has 0 bridgehead atoms. The summed E-state index contributed by atoms with van der Waals surface area (Å²) in [5.74, 6) is 0.185. The summed E-state index contributed by atoms with van der Waals surface area (Å²) in [5.41, 5.74) is 3.08. The van der Waals surface area contributed by atoms with E-state index in [4.69, 9.17) is 4.74 Å². The van der Waals surface area contributed by atoms with Crippen LogP contribution in [0, 0.1) is 26.6 Å². The van der Waals surface area contributed by atoms with Crippen LogP contribution in [0.25, 0.3) is 5.95 Å². The van der Waals surface area contributed by atoms with E-state index in [1.54, 1.807) is 37.3 Å². The van der Waals surface area contributed by atoms with Gasteiger partial charge < -0.3 is 10.1 Å². The molecule has 8 nitrogen and oxygen atoms in total. The van der Waals surface area contributed by atoms with Crippen LogP contribution in [-0.4, -0.2) is 38.0 Å². The monoisotopic (exact) mass is 459 g/mol. The molecule has 4 rings (SSSR count). The topological polar surface area (TPSA) is 99.0 Å². The van der Waals surface area contributed by atoms with E-state index in [9.17, 15) is 14.0 Å². The van der Waals surface area contributed by atoms with Crippen LogP contribution >= 0.6 is 0 Å². The molecule has 0 radical (unpaired) electrons. The Morgan fingerprint density at radius 2 is 1.47 bits per heavy atom. The minimum absolute atomic E-state index is 0.235. The fourth-order valence-electron chi connectivity index (χ4n) is 3.34. The van der Waals surface area contributed by atoms with E-state index < -0.39 is 11.7 Å². The summed E-state index contributed by atoms with van der Waals surface area (Å²) in [5, 5.41) is 7.14. The number of aromatic nitrogens is 4. The molecule has 1 amide bonds. The van der Waals surface area contributed by atoms with Crippen LogP contribution in [0.1, 0.15) is 33.0 Å². The lowest BCUT2D eigenvalue weighted by Crippen LogP contribution is -2.22. The van der Waals surface area contributed by atoms with Crippen molar-refractivity contribution in [2.45, 2.75) is 20.8 Å². The highest BCUT2D eigenvalue weighted by Crippen LogP contribution is 2.18. The quantitative estimate of drug-likeness (QED) is 0.420. The number of ether oxygens (including phenoxy) is 1. The molecule has 172 valence electrons. The zero-order valence-corrected chi connectivity index (χ0v) is 18.9. The average Bonchev–Trinajstić information content (AvgIpc) is 3.17. The van der Waals surface area contributed by atoms with Gasteiger partial charge >= 0.3 is 0 Å². The number of carbonyl (C=O) groups excluding carboxylic acids is 2. The minimum Gasteiger partial charge on any atom is -0.484 e. The van der Waals surface area contributed by atoms with Gasteiger partial charge in [0.1, 0.15) is 17.4 Å². The lowest BCUT2D eigenvalue weighted by atomic mass is 10.0. The van der Waals surface area contributed by atoms with Gasteiger partial charge in [0, 0.05) is 28.6 Å². The molecule has 0 saturated heterocycles. The maximum absolute atomic E-state index is 13.1. The standard InChI is InChI=1S/C25H22FN5O3/c1-15-12-16(2)28-25(27-15)31-22(13-17(3)30-31)29-23(32)14-34-21-10-6-19(7-11-21)24(33)18-4-8-20(26)9-5-18/h4-13H,14H2,1-3H3,(H,29,32). The number of nitrogens with zero attached hydrogens (tertiary/aromatic N) is 4. The molecule has 4 aromatic rings. The highest BCUT2D eigenvalue weighted by molar-refractivity contribution is 6.09. The second-order valence-corrected chi connectivity index (χ2v) is 7.73. The van der Waals surface area contributed by atoms with Gasteiger partial charge in [-0.05, 0) is 75.4 Å². The Kier molecular flexibility index (Phi) is 6.44. The Morgan fingerprint density at radius 3 is 2.09 bits per heavy atom. The Bertz CT molecular complexity index is 1330. The lowest BCUT2D eigenvalue weighted by Gasteiger charge is -2.10. The van der Waals surface area contributed by atoms with Crippen molar-refractivity contribution in [3.8, 4) is 11.7 Å². The maximum atomic E-state index is 13.1. The van der Waals surface area contributed by atoms with Crippen molar-refractivity contribution in [1.29, 1.82) is 0 Å². The van der Waals surface area contributed by atoms with E-state index in [1.165, 1.54) is 28.9 Å². The molecule has 0 saturated carbocycles. The molecule has 0 fully saturated rings. The number of nitrogens with one attached hydrogen (secondary N) is 1. The first kappa shape index (κ1) is 22.8. The van der Waals surface area contributed by atoms with Crippen molar-refractivity contribution < 1.29 is 18.7 Å². The zero-order chi connectivity index (χ0) is 24.2. The summed E-state index contributed by atoms with van der Waals surface area (Å²) in [4.78, 5) is 33.8. The molecule has 0 aliphatic carbocycles. The summed E-state index contributed by atoms with van der Waals surface area (Å²) < 4.78 is 20.1. The third-order valence-corrected chi connectivity index (χ3v) is 4.85. The van der Waals surface area contributed by atoms with Gasteiger partial charge in [-0.2, -0.15) is 9.78 Å². The highest BCUT2D eigenvalue weighted by Gasteiger charge is 2.15. The second kappa shape index (κ2) is 9.62. The Labute approximate surface area is 195 Å². The summed E-state index contributed by atoms with van der Waals surface area (Å²) >= 11 is 0. The fraction of sp³-hybridized carbons (Fsp3) is 0.160. The molecule has 2 aromatic carbocycles. The first-order valence-electron chi connectivity index (χ1n) is 10.5. The molecule has 0 aliphatic heterocycles. The van der Waals surface area contributed by atoms with Crippen LogP contribution in [0.2, 0.25) is 0 Å². The Hall–Kier alpha value is -4.40. The Balaban J connectivity index is 1.39. The van der Waals surface area contributed by atoms with E-state index in [1.807, 2.05) is 19.9 Å². The number of anilines is 1. The molecule has 2 heterocycles. The van der Waals surface area contributed by atoms with Gasteiger partial charge in [0.15, 0.2) is 12.4 Å². The van der Waals surface area contributed by atoms with Crippen LogP contribution in [0.3, 0.4) is 0 Å². The van der Waals surface area contributed by atoms with Crippen LogP contribution in [0.5, 0.6) is 5.75 Å². The Morgan fingerprint density at radius 1 is 0.882 bits per heavy atom. The SMILES string of the molecule is Cc1cc(C)nc(-n2nc(C)cc2NC(=O)COc2ccc(C(=O)c3ccc(F)cc3)cc2)n1. The molecular weight excluding hydrogens is 437 g/mol. The number of rotatable bonds is 7. The van der Waals surface area contributed by atoms with Crippen molar-refractivity contribution in [2.75, 3.05) is 11.9 Å². The number of halogens is 1. The summed E-state index contributed by atoms with van der Waals surface area (Å²) in [7, 11) is 0.